The Balaban J connectivity index is 2.11. The van der Waals surface area contributed by atoms with E-state index in [1.165, 1.54) is 27.1 Å². The van der Waals surface area contributed by atoms with Crippen LogP contribution < -0.4 is 10.6 Å². The minimum absolute atomic E-state index is 0.0727. The largest absolute Gasteiger partial charge is 0.376 e. The van der Waals surface area contributed by atoms with Crippen molar-refractivity contribution in [2.45, 2.75) is 18.7 Å². The Labute approximate surface area is 159 Å². The van der Waals surface area contributed by atoms with Crippen LogP contribution in [0.5, 0.6) is 0 Å². The highest BCUT2D eigenvalue weighted by Crippen LogP contribution is 2.22. The first kappa shape index (κ1) is 20.6. The molecular weight excluding hydrogens is 366 g/mol. The number of carbonyl (C=O) groups excluding carboxylic acids is 2. The van der Waals surface area contributed by atoms with Crippen LogP contribution in [0.15, 0.2) is 47.4 Å². The smallest absolute Gasteiger partial charge is 0.243 e. The lowest BCUT2D eigenvalue weighted by Crippen LogP contribution is -2.24. The lowest BCUT2D eigenvalue weighted by atomic mass is 10.1. The van der Waals surface area contributed by atoms with Crippen molar-refractivity contribution >= 4 is 33.1 Å². The molecule has 0 saturated carbocycles. The molecule has 1 amide bonds. The summed E-state index contributed by atoms with van der Waals surface area (Å²) in [4.78, 5) is 24.0. The fraction of sp³-hybridized carbons (Fsp3) is 0.263. The van der Waals surface area contributed by atoms with E-state index in [4.69, 9.17) is 0 Å². The SMILES string of the molecule is CC(=O)c1ccccc1NC(=O)CNc1ccc(C)c(S(=O)(=O)N(C)C)c1. The number of anilines is 2. The number of nitrogens with one attached hydrogen (secondary N) is 2. The van der Waals surface area contributed by atoms with Gasteiger partial charge < -0.3 is 10.6 Å². The van der Waals surface area contributed by atoms with Crippen molar-refractivity contribution in [3.8, 4) is 0 Å². The van der Waals surface area contributed by atoms with Gasteiger partial charge in [-0.1, -0.05) is 18.2 Å². The molecule has 2 N–H and O–H groups in total. The van der Waals surface area contributed by atoms with Gasteiger partial charge in [-0.2, -0.15) is 0 Å². The Kier molecular flexibility index (Phi) is 6.35. The first-order chi connectivity index (χ1) is 12.6. The highest BCUT2D eigenvalue weighted by Gasteiger charge is 2.20. The van der Waals surface area contributed by atoms with Crippen LogP contribution in [0.2, 0.25) is 0 Å². The van der Waals surface area contributed by atoms with Gasteiger partial charge in [0.1, 0.15) is 0 Å². The molecule has 0 aliphatic rings. The average Bonchev–Trinajstić information content (AvgIpc) is 2.61. The fourth-order valence-corrected chi connectivity index (χ4v) is 3.60. The predicted molar refractivity (Wildman–Crippen MR) is 106 cm³/mol. The highest BCUT2D eigenvalue weighted by atomic mass is 32.2. The van der Waals surface area contributed by atoms with Crippen molar-refractivity contribution < 1.29 is 18.0 Å². The maximum Gasteiger partial charge on any atom is 0.243 e. The summed E-state index contributed by atoms with van der Waals surface area (Å²) in [6.07, 6.45) is 0. The van der Waals surface area contributed by atoms with E-state index in [2.05, 4.69) is 10.6 Å². The molecule has 0 aromatic heterocycles. The van der Waals surface area contributed by atoms with Gasteiger partial charge in [0.15, 0.2) is 5.78 Å². The van der Waals surface area contributed by atoms with Gasteiger partial charge in [0.2, 0.25) is 15.9 Å². The number of carbonyl (C=O) groups is 2. The quantitative estimate of drug-likeness (QED) is 0.710. The fourth-order valence-electron chi connectivity index (χ4n) is 2.46. The molecule has 27 heavy (non-hydrogen) atoms. The van der Waals surface area contributed by atoms with E-state index in [0.717, 1.165) is 4.31 Å². The lowest BCUT2D eigenvalue weighted by molar-refractivity contribution is -0.114. The first-order valence-electron chi connectivity index (χ1n) is 8.30. The van der Waals surface area contributed by atoms with Crippen LogP contribution in [-0.4, -0.2) is 45.1 Å². The Morgan fingerprint density at radius 1 is 1.07 bits per heavy atom. The van der Waals surface area contributed by atoms with Crippen molar-refractivity contribution in [3.63, 3.8) is 0 Å². The summed E-state index contributed by atoms with van der Waals surface area (Å²) in [5, 5.41) is 5.60. The molecule has 0 spiro atoms. The van der Waals surface area contributed by atoms with Gasteiger partial charge in [-0.05, 0) is 43.7 Å². The number of hydrogen-bond donors (Lipinski definition) is 2. The molecule has 2 aromatic rings. The van der Waals surface area contributed by atoms with Crippen LogP contribution in [0.3, 0.4) is 0 Å². The number of benzene rings is 2. The van der Waals surface area contributed by atoms with E-state index < -0.39 is 10.0 Å². The van der Waals surface area contributed by atoms with Gasteiger partial charge >= 0.3 is 0 Å². The molecule has 0 saturated heterocycles. The third-order valence-corrected chi connectivity index (χ3v) is 5.94. The molecule has 0 unspecified atom stereocenters. The molecule has 0 aliphatic carbocycles. The molecule has 2 aromatic carbocycles. The van der Waals surface area contributed by atoms with Crippen LogP contribution in [0.4, 0.5) is 11.4 Å². The zero-order valence-corrected chi connectivity index (χ0v) is 16.6. The van der Waals surface area contributed by atoms with Crippen LogP contribution in [0, 0.1) is 6.92 Å². The molecule has 144 valence electrons. The number of nitrogens with zero attached hydrogens (tertiary/aromatic N) is 1. The Hall–Kier alpha value is -2.71. The summed E-state index contributed by atoms with van der Waals surface area (Å²) in [5.41, 5.74) is 2.00. The second kappa shape index (κ2) is 8.32. The first-order valence-corrected chi connectivity index (χ1v) is 9.74. The van der Waals surface area contributed by atoms with E-state index in [1.807, 2.05) is 0 Å². The predicted octanol–water partition coefficient (Wildman–Crippen LogP) is 2.50. The number of rotatable bonds is 7. The minimum Gasteiger partial charge on any atom is -0.376 e. The van der Waals surface area contributed by atoms with Crippen molar-refractivity contribution in [3.05, 3.63) is 53.6 Å². The van der Waals surface area contributed by atoms with Crippen LogP contribution in [-0.2, 0) is 14.8 Å². The standard InChI is InChI=1S/C19H23N3O4S/c1-13-9-10-15(11-18(13)27(25,26)22(3)4)20-12-19(24)21-17-8-6-5-7-16(17)14(2)23/h5-11,20H,12H2,1-4H3,(H,21,24). The third-order valence-electron chi connectivity index (χ3n) is 3.98. The molecule has 0 atom stereocenters. The second-order valence-electron chi connectivity index (χ2n) is 6.27. The molecule has 8 heteroatoms. The Morgan fingerprint density at radius 2 is 1.74 bits per heavy atom. The van der Waals surface area contributed by atoms with E-state index in [1.54, 1.807) is 43.3 Å². The van der Waals surface area contributed by atoms with Crippen LogP contribution in [0.1, 0.15) is 22.8 Å². The average molecular weight is 389 g/mol. The summed E-state index contributed by atoms with van der Waals surface area (Å²) in [5.74, 6) is -0.489. The number of amides is 1. The second-order valence-corrected chi connectivity index (χ2v) is 8.39. The number of aryl methyl sites for hydroxylation is 1. The van der Waals surface area contributed by atoms with Gasteiger partial charge in [0.25, 0.3) is 0 Å². The van der Waals surface area contributed by atoms with Crippen molar-refractivity contribution in [1.29, 1.82) is 0 Å². The molecule has 7 nitrogen and oxygen atoms in total. The topological polar surface area (TPSA) is 95.6 Å². The number of para-hydroxylation sites is 1. The summed E-state index contributed by atoms with van der Waals surface area (Å²) >= 11 is 0. The van der Waals surface area contributed by atoms with Gasteiger partial charge in [-0.25, -0.2) is 12.7 Å². The maximum atomic E-state index is 12.4. The van der Waals surface area contributed by atoms with E-state index in [-0.39, 0.29) is 23.1 Å². The monoisotopic (exact) mass is 389 g/mol. The zero-order valence-electron chi connectivity index (χ0n) is 15.7. The maximum absolute atomic E-state index is 12.4. The Morgan fingerprint density at radius 3 is 2.37 bits per heavy atom. The Bertz CT molecular complexity index is 969. The molecular formula is C19H23N3O4S. The minimum atomic E-state index is -3.58. The number of hydrogen-bond acceptors (Lipinski definition) is 5. The lowest BCUT2D eigenvalue weighted by Gasteiger charge is -2.15. The summed E-state index contributed by atoms with van der Waals surface area (Å²) in [6, 6.07) is 11.6. The van der Waals surface area contributed by atoms with Crippen molar-refractivity contribution in [2.75, 3.05) is 31.3 Å². The van der Waals surface area contributed by atoms with Crippen LogP contribution in [0.25, 0.3) is 0 Å². The van der Waals surface area contributed by atoms with Crippen molar-refractivity contribution in [1.82, 2.24) is 4.31 Å². The summed E-state index contributed by atoms with van der Waals surface area (Å²) in [7, 11) is -0.643. The highest BCUT2D eigenvalue weighted by molar-refractivity contribution is 7.89. The van der Waals surface area contributed by atoms with E-state index in [0.29, 0.717) is 22.5 Å². The van der Waals surface area contributed by atoms with E-state index >= 15 is 0 Å². The van der Waals surface area contributed by atoms with Gasteiger partial charge in [0, 0.05) is 25.3 Å². The normalized spacial score (nSPS) is 11.3. The molecule has 0 heterocycles. The summed E-state index contributed by atoms with van der Waals surface area (Å²) in [6.45, 7) is 3.07. The van der Waals surface area contributed by atoms with Gasteiger partial charge in [0.05, 0.1) is 17.1 Å². The molecule has 2 rings (SSSR count). The van der Waals surface area contributed by atoms with Gasteiger partial charge in [-0.15, -0.1) is 0 Å². The summed E-state index contributed by atoms with van der Waals surface area (Å²) < 4.78 is 25.9. The van der Waals surface area contributed by atoms with E-state index in [9.17, 15) is 18.0 Å². The van der Waals surface area contributed by atoms with Crippen molar-refractivity contribution in [2.24, 2.45) is 0 Å². The molecule has 0 radical (unpaired) electrons. The third kappa shape index (κ3) is 4.93. The number of Topliss-reactive ketones (excluding diaryl/α,β-unsaturated/α-hetero) is 1. The molecule has 0 aliphatic heterocycles. The zero-order chi connectivity index (χ0) is 20.2. The van der Waals surface area contributed by atoms with Gasteiger partial charge in [-0.3, -0.25) is 9.59 Å². The van der Waals surface area contributed by atoms with Crippen LogP contribution >= 0.6 is 0 Å². The number of sulfonamides is 1. The molecule has 0 bridgehead atoms. The molecule has 0 fully saturated rings. The number of ketones is 1.